The first-order chi connectivity index (χ1) is 14.2. The Morgan fingerprint density at radius 3 is 2.00 bits per heavy atom. The van der Waals surface area contributed by atoms with E-state index in [9.17, 15) is 0 Å². The molecule has 0 aromatic heterocycles. The second-order valence-electron chi connectivity index (χ2n) is 12.5. The van der Waals surface area contributed by atoms with Gasteiger partial charge in [-0.1, -0.05) is 0 Å². The van der Waals surface area contributed by atoms with Crippen molar-refractivity contribution in [3.8, 4) is 11.1 Å². The Balaban J connectivity index is 0.00000193. The summed E-state index contributed by atoms with van der Waals surface area (Å²) >= 11 is -0.828. The fourth-order valence-corrected chi connectivity index (χ4v) is 10.7. The summed E-state index contributed by atoms with van der Waals surface area (Å²) in [5.74, 6) is 0. The quantitative estimate of drug-likeness (QED) is 0.417. The molecule has 0 fully saturated rings. The van der Waals surface area contributed by atoms with E-state index in [0.717, 1.165) is 6.42 Å². The van der Waals surface area contributed by atoms with Crippen LogP contribution in [0.25, 0.3) is 11.1 Å². The van der Waals surface area contributed by atoms with E-state index in [4.69, 9.17) is 0 Å². The van der Waals surface area contributed by atoms with E-state index in [1.807, 2.05) is 0 Å². The minimum absolute atomic E-state index is 0. The number of rotatable bonds is 3. The standard InChI is InChI=1S/C21H25.C8H13Si.2ClH.Zr/c1-20(2,3)16-7-9-18-14(12-16)11-15-13-17(21(4,5)6)8-10-19(15)18;1-9(2,3)8-6-4-5-7-8;;;/h7-10,12H,11H2,1-6H3;6-7H,4H2,1-3H3;2*1H;/q;;;;+2/p-2. The van der Waals surface area contributed by atoms with Crippen LogP contribution in [0.3, 0.4) is 0 Å². The van der Waals surface area contributed by atoms with Crippen LogP contribution < -0.4 is 28.1 Å². The largest absolute Gasteiger partial charge is 1.00 e. The molecule has 33 heavy (non-hydrogen) atoms. The normalized spacial score (nSPS) is 14.9. The van der Waals surface area contributed by atoms with Gasteiger partial charge in [0.1, 0.15) is 0 Å². The van der Waals surface area contributed by atoms with Gasteiger partial charge in [0, 0.05) is 0 Å². The predicted octanol–water partition coefficient (Wildman–Crippen LogP) is 1.66. The Morgan fingerprint density at radius 2 is 1.45 bits per heavy atom. The average Bonchev–Trinajstić information content (AvgIpc) is 3.24. The third-order valence-corrected chi connectivity index (χ3v) is 12.5. The molecule has 0 unspecified atom stereocenters. The summed E-state index contributed by atoms with van der Waals surface area (Å²) in [6, 6.07) is 12.1. The fraction of sp³-hybridized carbons (Fsp3) is 0.448. The Labute approximate surface area is 227 Å². The van der Waals surface area contributed by atoms with Gasteiger partial charge in [0.25, 0.3) is 0 Å². The van der Waals surface area contributed by atoms with Gasteiger partial charge in [-0.15, -0.1) is 0 Å². The molecule has 0 N–H and O–H groups in total. The molecule has 2 aromatic rings. The van der Waals surface area contributed by atoms with E-state index >= 15 is 0 Å². The van der Waals surface area contributed by atoms with E-state index in [1.165, 1.54) is 28.7 Å². The van der Waals surface area contributed by atoms with Crippen molar-refractivity contribution in [3.63, 3.8) is 0 Å². The molecule has 0 amide bonds. The number of hydrogen-bond acceptors (Lipinski definition) is 0. The first-order valence-corrected chi connectivity index (χ1v) is 17.7. The van der Waals surface area contributed by atoms with Crippen LogP contribution >= 0.6 is 0 Å². The van der Waals surface area contributed by atoms with Crippen molar-refractivity contribution in [2.24, 2.45) is 0 Å². The van der Waals surface area contributed by atoms with Crippen LogP contribution in [0.4, 0.5) is 0 Å². The fourth-order valence-electron chi connectivity index (χ4n) is 4.81. The maximum Gasteiger partial charge on any atom is -1.00 e. The number of benzene rings is 2. The summed E-state index contributed by atoms with van der Waals surface area (Å²) in [7, 11) is -1.22. The molecule has 0 nitrogen and oxygen atoms in total. The average molecular weight is 577 g/mol. The molecule has 0 saturated carbocycles. The van der Waals surface area contributed by atoms with Gasteiger partial charge >= 0.3 is 204 Å². The monoisotopic (exact) mass is 574 g/mol. The maximum atomic E-state index is 2.62. The molecular weight excluding hydrogens is 539 g/mol. The Hall–Kier alpha value is -0.400. The summed E-state index contributed by atoms with van der Waals surface area (Å²) < 4.78 is 3.53. The predicted molar refractivity (Wildman–Crippen MR) is 136 cm³/mol. The van der Waals surface area contributed by atoms with Crippen molar-refractivity contribution >= 4 is 11.3 Å². The van der Waals surface area contributed by atoms with E-state index in [0.29, 0.717) is 0 Å². The number of hydrogen-bond donors (Lipinski definition) is 0. The number of fused-ring (bicyclic) bond motifs is 3. The van der Waals surface area contributed by atoms with Crippen molar-refractivity contribution in [1.29, 1.82) is 0 Å². The molecule has 0 bridgehead atoms. The molecule has 4 heteroatoms. The molecule has 176 valence electrons. The minimum atomic E-state index is -1.22. The van der Waals surface area contributed by atoms with Crippen LogP contribution in [0, 0.1) is 0 Å². The number of halogens is 2. The Bertz CT molecular complexity index is 1110. The minimum Gasteiger partial charge on any atom is -1.00 e. The first kappa shape index (κ1) is 28.8. The van der Waals surface area contributed by atoms with Gasteiger partial charge in [0.15, 0.2) is 0 Å². The molecule has 2 aliphatic carbocycles. The van der Waals surface area contributed by atoms with Crippen molar-refractivity contribution in [2.45, 2.75) is 84.9 Å². The van der Waals surface area contributed by atoms with E-state index < -0.39 is 31.3 Å². The van der Waals surface area contributed by atoms with Gasteiger partial charge in [-0.05, 0) is 0 Å². The Kier molecular flexibility index (Phi) is 8.67. The molecule has 0 aliphatic heterocycles. The van der Waals surface area contributed by atoms with Crippen LogP contribution in [0.1, 0.15) is 70.2 Å². The Morgan fingerprint density at radius 1 is 0.818 bits per heavy atom. The van der Waals surface area contributed by atoms with Crippen LogP contribution in [-0.2, 0) is 40.5 Å². The zero-order chi connectivity index (χ0) is 22.8. The molecule has 0 spiro atoms. The maximum absolute atomic E-state index is 2.62. The molecule has 2 aliphatic rings. The second-order valence-corrected chi connectivity index (χ2v) is 21.0. The summed E-state index contributed by atoms with van der Waals surface area (Å²) in [6.45, 7) is 21.6. The molecule has 4 rings (SSSR count). The van der Waals surface area contributed by atoms with Gasteiger partial charge < -0.3 is 24.8 Å². The summed E-state index contributed by atoms with van der Waals surface area (Å²) in [5, 5.41) is 1.67. The van der Waals surface area contributed by atoms with E-state index in [1.54, 1.807) is 22.9 Å². The molecule has 0 saturated heterocycles. The van der Waals surface area contributed by atoms with Gasteiger partial charge in [-0.25, -0.2) is 0 Å². The summed E-state index contributed by atoms with van der Waals surface area (Å²) in [4.78, 5) is 0. The molecular formula is C29H38Cl2SiZr. The first-order valence-electron chi connectivity index (χ1n) is 11.7. The molecule has 0 heterocycles. The SMILES string of the molecule is CC(C)(C)c1ccc2c(c1)Cc1c-2ccc(C(C)(C)C)[c]1[Zr+2][C]1=CC([Si](C)(C)C)=CC1.[Cl-].[Cl-]. The van der Waals surface area contributed by atoms with Crippen molar-refractivity contribution in [1.82, 2.24) is 0 Å². The molecule has 2 aromatic carbocycles. The topological polar surface area (TPSA) is 0 Å². The zero-order valence-electron chi connectivity index (χ0n) is 21.7. The van der Waals surface area contributed by atoms with Crippen LogP contribution in [0.5, 0.6) is 0 Å². The molecule has 0 atom stereocenters. The molecule has 0 radical (unpaired) electrons. The van der Waals surface area contributed by atoms with E-state index in [2.05, 4.69) is 104 Å². The van der Waals surface area contributed by atoms with Crippen LogP contribution in [-0.4, -0.2) is 8.07 Å². The van der Waals surface area contributed by atoms with Gasteiger partial charge in [0.05, 0.1) is 0 Å². The van der Waals surface area contributed by atoms with Gasteiger partial charge in [-0.2, -0.15) is 0 Å². The van der Waals surface area contributed by atoms with Crippen molar-refractivity contribution in [3.05, 3.63) is 73.2 Å². The zero-order valence-corrected chi connectivity index (χ0v) is 26.7. The van der Waals surface area contributed by atoms with E-state index in [-0.39, 0.29) is 35.6 Å². The van der Waals surface area contributed by atoms with Gasteiger partial charge in [0.2, 0.25) is 0 Å². The second kappa shape index (κ2) is 9.93. The van der Waals surface area contributed by atoms with Gasteiger partial charge in [-0.3, -0.25) is 0 Å². The summed E-state index contributed by atoms with van der Waals surface area (Å²) in [6.07, 6.45) is 7.49. The third-order valence-electron chi connectivity index (χ3n) is 6.77. The summed E-state index contributed by atoms with van der Waals surface area (Å²) in [5.41, 5.74) is 9.64. The van der Waals surface area contributed by atoms with Crippen LogP contribution in [0.2, 0.25) is 19.6 Å². The number of allylic oxidation sites excluding steroid dienone is 4. The van der Waals surface area contributed by atoms with Crippen molar-refractivity contribution < 1.29 is 48.0 Å². The van der Waals surface area contributed by atoms with Crippen LogP contribution in [0.15, 0.2) is 51.0 Å². The smallest absolute Gasteiger partial charge is 1.00 e. The third kappa shape index (κ3) is 5.88. The van der Waals surface area contributed by atoms with Crippen molar-refractivity contribution in [2.75, 3.05) is 0 Å².